The van der Waals surface area contributed by atoms with Crippen LogP contribution in [0.25, 0.3) is 0 Å². The van der Waals surface area contributed by atoms with E-state index >= 15 is 0 Å². The van der Waals surface area contributed by atoms with E-state index in [2.05, 4.69) is 4.72 Å². The van der Waals surface area contributed by atoms with E-state index < -0.39 is 10.0 Å². The lowest BCUT2D eigenvalue weighted by Gasteiger charge is -2.37. The number of hydrogen-bond acceptors (Lipinski definition) is 5. The van der Waals surface area contributed by atoms with E-state index in [9.17, 15) is 8.42 Å². The summed E-state index contributed by atoms with van der Waals surface area (Å²) in [6.07, 6.45) is 2.09. The highest BCUT2D eigenvalue weighted by molar-refractivity contribution is 7.89. The predicted octanol–water partition coefficient (Wildman–Crippen LogP) is 1.17. The van der Waals surface area contributed by atoms with Crippen molar-refractivity contribution in [2.75, 3.05) is 19.8 Å². The first-order valence-electron chi connectivity index (χ1n) is 7.27. The normalized spacial score (nSPS) is 28.6. The summed E-state index contributed by atoms with van der Waals surface area (Å²) in [5.74, 6) is 0. The van der Waals surface area contributed by atoms with E-state index in [4.69, 9.17) is 14.7 Å². The fourth-order valence-electron chi connectivity index (χ4n) is 2.99. The molecule has 0 saturated carbocycles. The molecule has 1 aromatic carbocycles. The van der Waals surface area contributed by atoms with Crippen LogP contribution >= 0.6 is 0 Å². The van der Waals surface area contributed by atoms with Gasteiger partial charge in [0.15, 0.2) is 0 Å². The molecule has 2 aliphatic rings. The van der Waals surface area contributed by atoms with Crippen molar-refractivity contribution in [2.45, 2.75) is 35.8 Å². The molecule has 22 heavy (non-hydrogen) atoms. The summed E-state index contributed by atoms with van der Waals surface area (Å²) >= 11 is 0. The van der Waals surface area contributed by atoms with Gasteiger partial charge in [-0.3, -0.25) is 0 Å². The van der Waals surface area contributed by atoms with E-state index in [1.54, 1.807) is 0 Å². The molecule has 2 aliphatic heterocycles. The number of nitrogens with one attached hydrogen (secondary N) is 1. The van der Waals surface area contributed by atoms with Crippen LogP contribution in [0.15, 0.2) is 29.2 Å². The van der Waals surface area contributed by atoms with E-state index in [0.29, 0.717) is 38.2 Å². The fraction of sp³-hybridized carbons (Fsp3) is 0.533. The standard InChI is InChI=1S/C15H18N2O4S/c16-10-12-1-3-14(4-2-12)22(18,19)17-13-5-7-21-15(9-13)6-8-20-11-15/h1-4,13,17H,5-9,11H2/t13-,15-/m1/s1. The van der Waals surface area contributed by atoms with Crippen molar-refractivity contribution in [1.82, 2.24) is 4.72 Å². The highest BCUT2D eigenvalue weighted by Crippen LogP contribution is 2.33. The van der Waals surface area contributed by atoms with E-state index in [1.807, 2.05) is 6.07 Å². The van der Waals surface area contributed by atoms with Crippen LogP contribution in [-0.4, -0.2) is 39.9 Å². The first-order chi connectivity index (χ1) is 10.5. The summed E-state index contributed by atoms with van der Waals surface area (Å²) in [5.41, 5.74) is 0.0999. The van der Waals surface area contributed by atoms with Crippen molar-refractivity contribution in [3.8, 4) is 6.07 Å². The molecule has 2 atom stereocenters. The minimum atomic E-state index is -3.59. The molecule has 0 radical (unpaired) electrons. The molecular weight excluding hydrogens is 304 g/mol. The zero-order chi connectivity index (χ0) is 15.6. The number of hydrogen-bond donors (Lipinski definition) is 1. The van der Waals surface area contributed by atoms with Gasteiger partial charge in [0.2, 0.25) is 10.0 Å². The van der Waals surface area contributed by atoms with Gasteiger partial charge in [-0.05, 0) is 37.1 Å². The van der Waals surface area contributed by atoms with Gasteiger partial charge < -0.3 is 9.47 Å². The molecule has 1 N–H and O–H groups in total. The summed E-state index contributed by atoms with van der Waals surface area (Å²) < 4.78 is 38.8. The third-order valence-electron chi connectivity index (χ3n) is 4.18. The molecule has 3 rings (SSSR count). The van der Waals surface area contributed by atoms with Gasteiger partial charge >= 0.3 is 0 Å². The Hall–Kier alpha value is -1.46. The zero-order valence-electron chi connectivity index (χ0n) is 12.1. The van der Waals surface area contributed by atoms with Crippen LogP contribution in [0.2, 0.25) is 0 Å². The zero-order valence-corrected chi connectivity index (χ0v) is 12.9. The quantitative estimate of drug-likeness (QED) is 0.902. The first kappa shape index (κ1) is 15.4. The average molecular weight is 322 g/mol. The molecule has 7 heteroatoms. The van der Waals surface area contributed by atoms with Crippen LogP contribution in [0.3, 0.4) is 0 Å². The molecule has 0 aliphatic carbocycles. The van der Waals surface area contributed by atoms with Crippen LogP contribution in [-0.2, 0) is 19.5 Å². The summed E-state index contributed by atoms with van der Waals surface area (Å²) in [5, 5.41) is 8.77. The number of ether oxygens (including phenoxy) is 2. The number of rotatable bonds is 3. The maximum absolute atomic E-state index is 12.4. The van der Waals surface area contributed by atoms with Crippen LogP contribution in [0.1, 0.15) is 24.8 Å². The molecule has 1 spiro atoms. The molecular formula is C15H18N2O4S. The van der Waals surface area contributed by atoms with Gasteiger partial charge in [-0.2, -0.15) is 5.26 Å². The number of sulfonamides is 1. The Morgan fingerprint density at radius 3 is 2.68 bits per heavy atom. The molecule has 6 nitrogen and oxygen atoms in total. The second-order valence-corrected chi connectivity index (χ2v) is 7.50. The van der Waals surface area contributed by atoms with Crippen LogP contribution < -0.4 is 4.72 Å². The molecule has 0 unspecified atom stereocenters. The molecule has 0 bridgehead atoms. The molecule has 0 aromatic heterocycles. The van der Waals surface area contributed by atoms with Crippen LogP contribution in [0.5, 0.6) is 0 Å². The SMILES string of the molecule is N#Cc1ccc(S(=O)(=O)N[C@@H]2CCO[C@]3(CCOC3)C2)cc1. The first-order valence-corrected chi connectivity index (χ1v) is 8.76. The monoisotopic (exact) mass is 322 g/mol. The average Bonchev–Trinajstić information content (AvgIpc) is 2.94. The number of nitrogens with zero attached hydrogens (tertiary/aromatic N) is 1. The third kappa shape index (κ3) is 3.15. The van der Waals surface area contributed by atoms with Crippen molar-refractivity contribution >= 4 is 10.0 Å². The minimum absolute atomic E-state index is 0.156. The molecule has 1 aromatic rings. The molecule has 2 heterocycles. The minimum Gasteiger partial charge on any atom is -0.378 e. The Labute approximate surface area is 130 Å². The third-order valence-corrected chi connectivity index (χ3v) is 5.71. The molecule has 0 amide bonds. The molecule has 2 saturated heterocycles. The summed E-state index contributed by atoms with van der Waals surface area (Å²) in [7, 11) is -3.59. The summed E-state index contributed by atoms with van der Waals surface area (Å²) in [6.45, 7) is 1.72. The van der Waals surface area contributed by atoms with E-state index in [0.717, 1.165) is 6.42 Å². The Morgan fingerprint density at radius 2 is 2.05 bits per heavy atom. The highest BCUT2D eigenvalue weighted by atomic mass is 32.2. The summed E-state index contributed by atoms with van der Waals surface area (Å²) in [4.78, 5) is 0.176. The van der Waals surface area contributed by atoms with E-state index in [-0.39, 0.29) is 16.5 Å². The van der Waals surface area contributed by atoms with Gasteiger partial charge in [0.05, 0.1) is 28.7 Å². The van der Waals surface area contributed by atoms with Gasteiger partial charge in [-0.15, -0.1) is 0 Å². The fourth-order valence-corrected chi connectivity index (χ4v) is 4.26. The Bertz CT molecular complexity index is 672. The van der Waals surface area contributed by atoms with Gasteiger partial charge in [0.1, 0.15) is 0 Å². The number of nitriles is 1. The Balaban J connectivity index is 1.72. The highest BCUT2D eigenvalue weighted by Gasteiger charge is 2.42. The second kappa shape index (κ2) is 5.97. The van der Waals surface area contributed by atoms with Gasteiger partial charge in [0.25, 0.3) is 0 Å². The molecule has 2 fully saturated rings. The largest absolute Gasteiger partial charge is 0.378 e. The summed E-state index contributed by atoms with van der Waals surface area (Å²) in [6, 6.07) is 7.73. The van der Waals surface area contributed by atoms with Crippen molar-refractivity contribution in [3.05, 3.63) is 29.8 Å². The lowest BCUT2D eigenvalue weighted by molar-refractivity contribution is -0.0868. The van der Waals surface area contributed by atoms with E-state index in [1.165, 1.54) is 24.3 Å². The predicted molar refractivity (Wildman–Crippen MR) is 78.6 cm³/mol. The van der Waals surface area contributed by atoms with Gasteiger partial charge in [-0.25, -0.2) is 13.1 Å². The maximum Gasteiger partial charge on any atom is 0.240 e. The Kier molecular flexibility index (Phi) is 4.19. The van der Waals surface area contributed by atoms with Gasteiger partial charge in [0, 0.05) is 25.7 Å². The van der Waals surface area contributed by atoms with Crippen LogP contribution in [0, 0.1) is 11.3 Å². The van der Waals surface area contributed by atoms with Crippen molar-refractivity contribution in [1.29, 1.82) is 5.26 Å². The lowest BCUT2D eigenvalue weighted by atomic mass is 9.90. The van der Waals surface area contributed by atoms with Gasteiger partial charge in [-0.1, -0.05) is 0 Å². The smallest absolute Gasteiger partial charge is 0.240 e. The molecule has 118 valence electrons. The van der Waals surface area contributed by atoms with Crippen LogP contribution in [0.4, 0.5) is 0 Å². The Morgan fingerprint density at radius 1 is 1.27 bits per heavy atom. The second-order valence-electron chi connectivity index (χ2n) is 5.78. The number of benzene rings is 1. The maximum atomic E-state index is 12.4. The van der Waals surface area contributed by atoms with Crippen molar-refractivity contribution in [2.24, 2.45) is 0 Å². The van der Waals surface area contributed by atoms with Crippen molar-refractivity contribution < 1.29 is 17.9 Å². The topological polar surface area (TPSA) is 88.4 Å². The van der Waals surface area contributed by atoms with Crippen molar-refractivity contribution in [3.63, 3.8) is 0 Å². The lowest BCUT2D eigenvalue weighted by Crippen LogP contribution is -2.48.